The van der Waals surface area contributed by atoms with Gasteiger partial charge in [0.25, 0.3) is 0 Å². The van der Waals surface area contributed by atoms with E-state index >= 15 is 0 Å². The Hall–Kier alpha value is -0.800. The van der Waals surface area contributed by atoms with Crippen molar-refractivity contribution in [1.29, 1.82) is 0 Å². The molecule has 0 N–H and O–H groups in total. The molecular formula is C12H16O2S. The van der Waals surface area contributed by atoms with E-state index in [2.05, 4.69) is 6.92 Å². The van der Waals surface area contributed by atoms with Crippen LogP contribution in [0.2, 0.25) is 0 Å². The van der Waals surface area contributed by atoms with Crippen molar-refractivity contribution in [1.82, 2.24) is 0 Å². The van der Waals surface area contributed by atoms with E-state index in [1.807, 2.05) is 24.3 Å². The van der Waals surface area contributed by atoms with Crippen LogP contribution in [0, 0.1) is 0 Å². The third kappa shape index (κ3) is 4.49. The van der Waals surface area contributed by atoms with Crippen LogP contribution >= 0.6 is 11.8 Å². The van der Waals surface area contributed by atoms with Crippen molar-refractivity contribution in [3.05, 3.63) is 29.8 Å². The first-order valence-corrected chi connectivity index (χ1v) is 5.85. The lowest BCUT2D eigenvalue weighted by atomic mass is 10.2. The van der Waals surface area contributed by atoms with Crippen molar-refractivity contribution in [3.63, 3.8) is 0 Å². The number of methoxy groups -OCH3 is 1. The fourth-order valence-electron chi connectivity index (χ4n) is 1.20. The van der Waals surface area contributed by atoms with Crippen molar-refractivity contribution in [2.45, 2.75) is 23.5 Å². The second-order valence-corrected chi connectivity index (χ2v) is 4.91. The van der Waals surface area contributed by atoms with Crippen LogP contribution in [0.5, 0.6) is 0 Å². The highest BCUT2D eigenvalue weighted by Crippen LogP contribution is 2.24. The molecule has 2 nitrogen and oxygen atoms in total. The molecule has 1 atom stereocenters. The van der Waals surface area contributed by atoms with E-state index in [0.717, 1.165) is 24.9 Å². The van der Waals surface area contributed by atoms with Gasteiger partial charge in [-0.25, -0.2) is 0 Å². The number of benzene rings is 1. The minimum Gasteiger partial charge on any atom is -0.385 e. The zero-order chi connectivity index (χ0) is 11.1. The normalized spacial score (nSPS) is 12.4. The van der Waals surface area contributed by atoms with Crippen molar-refractivity contribution < 1.29 is 9.53 Å². The van der Waals surface area contributed by atoms with Gasteiger partial charge in [-0.1, -0.05) is 19.1 Å². The van der Waals surface area contributed by atoms with E-state index in [4.69, 9.17) is 4.74 Å². The van der Waals surface area contributed by atoms with Gasteiger partial charge < -0.3 is 4.74 Å². The first-order valence-electron chi connectivity index (χ1n) is 4.97. The predicted octanol–water partition coefficient (Wildman–Crippen LogP) is 3.02. The summed E-state index contributed by atoms with van der Waals surface area (Å²) in [5.41, 5.74) is 0.726. The molecule has 0 bridgehead atoms. The number of rotatable bonds is 6. The van der Waals surface area contributed by atoms with Gasteiger partial charge in [-0.05, 0) is 18.6 Å². The molecule has 0 aliphatic heterocycles. The van der Waals surface area contributed by atoms with Gasteiger partial charge in [0, 0.05) is 29.4 Å². The molecule has 0 saturated carbocycles. The van der Waals surface area contributed by atoms with Gasteiger partial charge in [-0.3, -0.25) is 4.79 Å². The van der Waals surface area contributed by atoms with Crippen LogP contribution in [-0.4, -0.2) is 25.3 Å². The molecule has 0 aromatic heterocycles. The fourth-order valence-corrected chi connectivity index (χ4v) is 2.17. The summed E-state index contributed by atoms with van der Waals surface area (Å²) in [5.74, 6) is 0. The molecule has 3 heteroatoms. The van der Waals surface area contributed by atoms with Gasteiger partial charge in [-0.15, -0.1) is 11.8 Å². The third-order valence-corrected chi connectivity index (χ3v) is 3.26. The quantitative estimate of drug-likeness (QED) is 0.549. The van der Waals surface area contributed by atoms with E-state index in [9.17, 15) is 4.79 Å². The van der Waals surface area contributed by atoms with Gasteiger partial charge in [0.1, 0.15) is 6.29 Å². The zero-order valence-electron chi connectivity index (χ0n) is 9.10. The Labute approximate surface area is 95.0 Å². The second-order valence-electron chi connectivity index (χ2n) is 3.40. The monoisotopic (exact) mass is 224 g/mol. The third-order valence-electron chi connectivity index (χ3n) is 2.08. The lowest BCUT2D eigenvalue weighted by Gasteiger charge is -2.10. The minimum atomic E-state index is 0.534. The van der Waals surface area contributed by atoms with Crippen molar-refractivity contribution in [3.8, 4) is 0 Å². The average Bonchev–Trinajstić information content (AvgIpc) is 2.27. The summed E-state index contributed by atoms with van der Waals surface area (Å²) in [6.45, 7) is 2.97. The maximum atomic E-state index is 10.5. The summed E-state index contributed by atoms with van der Waals surface area (Å²) in [4.78, 5) is 11.7. The van der Waals surface area contributed by atoms with Crippen LogP contribution in [-0.2, 0) is 4.74 Å². The lowest BCUT2D eigenvalue weighted by molar-refractivity contribution is 0.112. The Morgan fingerprint density at radius 2 is 2.07 bits per heavy atom. The highest BCUT2D eigenvalue weighted by atomic mass is 32.2. The number of hydrogen-bond acceptors (Lipinski definition) is 3. The molecule has 0 amide bonds. The summed E-state index contributed by atoms with van der Waals surface area (Å²) in [6, 6.07) is 7.66. The molecule has 0 aliphatic carbocycles. The summed E-state index contributed by atoms with van der Waals surface area (Å²) in [5, 5.41) is 0.534. The molecular weight excluding hydrogens is 208 g/mol. The van der Waals surface area contributed by atoms with Crippen LogP contribution in [0.25, 0.3) is 0 Å². The minimum absolute atomic E-state index is 0.534. The Kier molecular flexibility index (Phi) is 5.43. The van der Waals surface area contributed by atoms with Crippen LogP contribution in [0.15, 0.2) is 29.2 Å². The van der Waals surface area contributed by atoms with Gasteiger partial charge in [0.2, 0.25) is 0 Å². The lowest BCUT2D eigenvalue weighted by Crippen LogP contribution is -2.00. The van der Waals surface area contributed by atoms with E-state index in [1.165, 1.54) is 4.90 Å². The Morgan fingerprint density at radius 3 is 2.60 bits per heavy atom. The molecule has 1 unspecified atom stereocenters. The number of carbonyl (C=O) groups is 1. The molecule has 0 heterocycles. The molecule has 15 heavy (non-hydrogen) atoms. The first-order chi connectivity index (χ1) is 7.26. The number of ether oxygens (including phenoxy) is 1. The Morgan fingerprint density at radius 1 is 1.40 bits per heavy atom. The maximum Gasteiger partial charge on any atom is 0.150 e. The molecule has 1 rings (SSSR count). The van der Waals surface area contributed by atoms with Crippen molar-refractivity contribution in [2.75, 3.05) is 13.7 Å². The van der Waals surface area contributed by atoms with Crippen molar-refractivity contribution in [2.24, 2.45) is 0 Å². The van der Waals surface area contributed by atoms with Gasteiger partial charge >= 0.3 is 0 Å². The highest BCUT2D eigenvalue weighted by Gasteiger charge is 2.03. The molecule has 0 aliphatic rings. The van der Waals surface area contributed by atoms with Crippen LogP contribution in [0.3, 0.4) is 0 Å². The zero-order valence-corrected chi connectivity index (χ0v) is 9.92. The van der Waals surface area contributed by atoms with Gasteiger partial charge in [0.15, 0.2) is 0 Å². The molecule has 0 spiro atoms. The summed E-state index contributed by atoms with van der Waals surface area (Å²) >= 11 is 1.81. The van der Waals surface area contributed by atoms with Crippen LogP contribution < -0.4 is 0 Å². The number of aldehydes is 1. The second kappa shape index (κ2) is 6.64. The smallest absolute Gasteiger partial charge is 0.150 e. The molecule has 0 fully saturated rings. The largest absolute Gasteiger partial charge is 0.385 e. The van der Waals surface area contributed by atoms with Gasteiger partial charge in [-0.2, -0.15) is 0 Å². The summed E-state index contributed by atoms with van der Waals surface area (Å²) < 4.78 is 5.03. The fraction of sp³-hybridized carbons (Fsp3) is 0.417. The first kappa shape index (κ1) is 12.3. The van der Waals surface area contributed by atoms with Crippen LogP contribution in [0.1, 0.15) is 23.7 Å². The molecule has 1 aromatic carbocycles. The van der Waals surface area contributed by atoms with Crippen LogP contribution in [0.4, 0.5) is 0 Å². The summed E-state index contributed by atoms with van der Waals surface area (Å²) in [7, 11) is 1.72. The van der Waals surface area contributed by atoms with E-state index in [-0.39, 0.29) is 0 Å². The molecule has 0 saturated heterocycles. The maximum absolute atomic E-state index is 10.5. The number of carbonyl (C=O) groups excluding carboxylic acids is 1. The van der Waals surface area contributed by atoms with E-state index < -0.39 is 0 Å². The number of hydrogen-bond donors (Lipinski definition) is 0. The average molecular weight is 224 g/mol. The number of thioether (sulfide) groups is 1. The summed E-state index contributed by atoms with van der Waals surface area (Å²) in [6.07, 6.45) is 1.90. The van der Waals surface area contributed by atoms with Gasteiger partial charge in [0.05, 0.1) is 0 Å². The van der Waals surface area contributed by atoms with E-state index in [1.54, 1.807) is 18.9 Å². The standard InChI is InChI=1S/C12H16O2S/c1-10(7-8-14-2)15-12-5-3-11(9-13)4-6-12/h3-6,9-10H,7-8H2,1-2H3. The highest BCUT2D eigenvalue weighted by molar-refractivity contribution is 7.99. The molecule has 1 aromatic rings. The van der Waals surface area contributed by atoms with E-state index in [0.29, 0.717) is 5.25 Å². The SMILES string of the molecule is COCCC(C)Sc1ccc(C=O)cc1. The predicted molar refractivity (Wildman–Crippen MR) is 63.6 cm³/mol. The Bertz CT molecular complexity index is 295. The topological polar surface area (TPSA) is 26.3 Å². The molecule has 82 valence electrons. The molecule has 0 radical (unpaired) electrons. The Balaban J connectivity index is 2.45. The van der Waals surface area contributed by atoms with Crippen molar-refractivity contribution >= 4 is 18.0 Å².